The molecule has 1 aromatic rings. The fourth-order valence-electron chi connectivity index (χ4n) is 1.09. The number of methoxy groups -OCH3 is 1. The van der Waals surface area contributed by atoms with Crippen LogP contribution in [0.2, 0.25) is 0 Å². The highest BCUT2D eigenvalue weighted by Gasteiger charge is 2.17. The van der Waals surface area contributed by atoms with Crippen LogP contribution in [0.5, 0.6) is 0 Å². The Bertz CT molecular complexity index is 312. The van der Waals surface area contributed by atoms with Crippen LogP contribution in [0.1, 0.15) is 17.2 Å². The minimum Gasteiger partial charge on any atom is -0.468 e. The summed E-state index contributed by atoms with van der Waals surface area (Å²) in [5.74, 6) is -0.436. The molecule has 70 valence electrons. The summed E-state index contributed by atoms with van der Waals surface area (Å²) in [6, 6.07) is 1.00. The molecule has 0 saturated carbocycles. The molecule has 0 fully saturated rings. The van der Waals surface area contributed by atoms with Gasteiger partial charge in [0.1, 0.15) is 6.04 Å². The fraction of sp³-hybridized carbons (Fsp3) is 0.333. The molecular weight excluding hydrogens is 168 g/mol. The monoisotopic (exact) mass is 180 g/mol. The Kier molecular flexibility index (Phi) is 2.97. The molecule has 1 aromatic heterocycles. The molecule has 0 radical (unpaired) electrons. The number of nitrogens with two attached hydrogens (primary N) is 1. The minimum atomic E-state index is -0.715. The second kappa shape index (κ2) is 4.00. The van der Waals surface area contributed by atoms with Gasteiger partial charge < -0.3 is 10.5 Å². The van der Waals surface area contributed by atoms with E-state index < -0.39 is 12.0 Å². The molecule has 0 aliphatic carbocycles. The van der Waals surface area contributed by atoms with E-state index in [9.17, 15) is 4.79 Å². The van der Waals surface area contributed by atoms with Gasteiger partial charge in [-0.05, 0) is 24.1 Å². The summed E-state index contributed by atoms with van der Waals surface area (Å²) < 4.78 is 4.54. The van der Waals surface area contributed by atoms with E-state index in [0.29, 0.717) is 0 Å². The van der Waals surface area contributed by atoms with Crippen LogP contribution in [0.3, 0.4) is 0 Å². The quantitative estimate of drug-likeness (QED) is 0.675. The molecular formula is C9H12N2O2. The molecule has 0 aliphatic rings. The number of nitrogens with zero attached hydrogens (tertiary/aromatic N) is 1. The first-order valence-electron chi connectivity index (χ1n) is 3.90. The van der Waals surface area contributed by atoms with Crippen molar-refractivity contribution in [3.63, 3.8) is 0 Å². The van der Waals surface area contributed by atoms with E-state index in [1.54, 1.807) is 18.5 Å². The average molecular weight is 180 g/mol. The Balaban J connectivity index is 2.95. The Labute approximate surface area is 76.7 Å². The summed E-state index contributed by atoms with van der Waals surface area (Å²) >= 11 is 0. The van der Waals surface area contributed by atoms with Crippen molar-refractivity contribution in [2.24, 2.45) is 5.73 Å². The normalized spacial score (nSPS) is 12.2. The molecule has 0 bridgehead atoms. The van der Waals surface area contributed by atoms with Crippen molar-refractivity contribution < 1.29 is 9.53 Å². The largest absolute Gasteiger partial charge is 0.468 e. The third-order valence-corrected chi connectivity index (χ3v) is 1.85. The maximum absolute atomic E-state index is 11.1. The van der Waals surface area contributed by atoms with Crippen molar-refractivity contribution in [1.82, 2.24) is 4.98 Å². The Morgan fingerprint density at radius 1 is 1.69 bits per heavy atom. The Hall–Kier alpha value is -1.42. The van der Waals surface area contributed by atoms with E-state index in [-0.39, 0.29) is 0 Å². The number of hydrogen-bond acceptors (Lipinski definition) is 4. The third kappa shape index (κ3) is 2.03. The van der Waals surface area contributed by atoms with Crippen molar-refractivity contribution in [1.29, 1.82) is 0 Å². The smallest absolute Gasteiger partial charge is 0.327 e. The highest BCUT2D eigenvalue weighted by Crippen LogP contribution is 2.14. The zero-order valence-electron chi connectivity index (χ0n) is 7.65. The molecule has 0 spiro atoms. The van der Waals surface area contributed by atoms with Crippen LogP contribution in [0, 0.1) is 6.92 Å². The second-order valence-corrected chi connectivity index (χ2v) is 2.73. The minimum absolute atomic E-state index is 0.436. The van der Waals surface area contributed by atoms with E-state index in [4.69, 9.17) is 5.73 Å². The van der Waals surface area contributed by atoms with Gasteiger partial charge in [-0.25, -0.2) is 0 Å². The van der Waals surface area contributed by atoms with Gasteiger partial charge in [0, 0.05) is 12.4 Å². The Morgan fingerprint density at radius 3 is 2.92 bits per heavy atom. The van der Waals surface area contributed by atoms with E-state index in [1.165, 1.54) is 7.11 Å². The molecule has 1 atom stereocenters. The van der Waals surface area contributed by atoms with E-state index in [0.717, 1.165) is 11.1 Å². The topological polar surface area (TPSA) is 65.2 Å². The van der Waals surface area contributed by atoms with Crippen LogP contribution >= 0.6 is 0 Å². The molecule has 4 nitrogen and oxygen atoms in total. The van der Waals surface area contributed by atoms with Gasteiger partial charge in [0.05, 0.1) is 7.11 Å². The highest BCUT2D eigenvalue weighted by molar-refractivity contribution is 5.77. The predicted molar refractivity (Wildman–Crippen MR) is 47.9 cm³/mol. The van der Waals surface area contributed by atoms with Gasteiger partial charge in [0.15, 0.2) is 0 Å². The Morgan fingerprint density at radius 2 is 2.38 bits per heavy atom. The number of aromatic nitrogens is 1. The number of ether oxygens (including phenoxy) is 1. The lowest BCUT2D eigenvalue weighted by Crippen LogP contribution is -2.23. The zero-order valence-corrected chi connectivity index (χ0v) is 7.65. The first-order chi connectivity index (χ1) is 6.16. The van der Waals surface area contributed by atoms with Gasteiger partial charge in [0.2, 0.25) is 0 Å². The SMILES string of the molecule is COC(=O)C(N)c1ccncc1C. The fourth-order valence-corrected chi connectivity index (χ4v) is 1.09. The number of pyridine rings is 1. The van der Waals surface area contributed by atoms with Crippen LogP contribution in [0.4, 0.5) is 0 Å². The highest BCUT2D eigenvalue weighted by atomic mass is 16.5. The van der Waals surface area contributed by atoms with Gasteiger partial charge in [-0.2, -0.15) is 0 Å². The standard InChI is InChI=1S/C9H12N2O2/c1-6-5-11-4-3-7(6)8(10)9(12)13-2/h3-5,8H,10H2,1-2H3. The molecule has 0 aliphatic heterocycles. The molecule has 2 N–H and O–H groups in total. The van der Waals surface area contributed by atoms with Crippen molar-refractivity contribution in [2.45, 2.75) is 13.0 Å². The lowest BCUT2D eigenvalue weighted by Gasteiger charge is -2.11. The molecule has 1 heterocycles. The maximum atomic E-state index is 11.1. The van der Waals surface area contributed by atoms with Gasteiger partial charge >= 0.3 is 5.97 Å². The zero-order chi connectivity index (χ0) is 9.84. The van der Waals surface area contributed by atoms with E-state index >= 15 is 0 Å². The lowest BCUT2D eigenvalue weighted by atomic mass is 10.1. The summed E-state index contributed by atoms with van der Waals surface area (Å²) in [5, 5.41) is 0. The number of aryl methyl sites for hydroxylation is 1. The van der Waals surface area contributed by atoms with Crippen LogP contribution in [-0.4, -0.2) is 18.1 Å². The number of hydrogen-bond donors (Lipinski definition) is 1. The first kappa shape index (κ1) is 9.67. The summed E-state index contributed by atoms with van der Waals surface area (Å²) in [7, 11) is 1.32. The molecule has 1 rings (SSSR count). The lowest BCUT2D eigenvalue weighted by molar-refractivity contribution is -0.142. The second-order valence-electron chi connectivity index (χ2n) is 2.73. The van der Waals surface area contributed by atoms with Crippen molar-refractivity contribution in [2.75, 3.05) is 7.11 Å². The molecule has 0 saturated heterocycles. The summed E-state index contributed by atoms with van der Waals surface area (Å²) in [5.41, 5.74) is 7.29. The number of carbonyl (C=O) groups excluding carboxylic acids is 1. The van der Waals surface area contributed by atoms with Crippen molar-refractivity contribution in [3.05, 3.63) is 29.6 Å². The summed E-state index contributed by atoms with van der Waals surface area (Å²) in [6.07, 6.45) is 3.27. The summed E-state index contributed by atoms with van der Waals surface area (Å²) in [6.45, 7) is 1.85. The first-order valence-corrected chi connectivity index (χ1v) is 3.90. The van der Waals surface area contributed by atoms with Crippen molar-refractivity contribution >= 4 is 5.97 Å². The predicted octanol–water partition coefficient (Wildman–Crippen LogP) is 0.563. The average Bonchev–Trinajstić information content (AvgIpc) is 2.16. The summed E-state index contributed by atoms with van der Waals surface area (Å²) in [4.78, 5) is 15.0. The van der Waals surface area contributed by atoms with Crippen molar-refractivity contribution in [3.8, 4) is 0 Å². The van der Waals surface area contributed by atoms with Crippen LogP contribution in [0.15, 0.2) is 18.5 Å². The molecule has 0 amide bonds. The molecule has 4 heteroatoms. The number of esters is 1. The molecule has 1 unspecified atom stereocenters. The van der Waals surface area contributed by atoms with E-state index in [1.807, 2.05) is 6.92 Å². The van der Waals surface area contributed by atoms with Crippen LogP contribution < -0.4 is 5.73 Å². The van der Waals surface area contributed by atoms with Crippen LogP contribution in [0.25, 0.3) is 0 Å². The third-order valence-electron chi connectivity index (χ3n) is 1.85. The molecule has 13 heavy (non-hydrogen) atoms. The van der Waals surface area contributed by atoms with Gasteiger partial charge in [-0.1, -0.05) is 0 Å². The molecule has 0 aromatic carbocycles. The number of carbonyl (C=O) groups is 1. The van der Waals surface area contributed by atoms with Gasteiger partial charge in [0.25, 0.3) is 0 Å². The van der Waals surface area contributed by atoms with E-state index in [2.05, 4.69) is 9.72 Å². The maximum Gasteiger partial charge on any atom is 0.327 e. The van der Waals surface area contributed by atoms with Gasteiger partial charge in [-0.15, -0.1) is 0 Å². The number of rotatable bonds is 2. The van der Waals surface area contributed by atoms with Crippen LogP contribution in [-0.2, 0) is 9.53 Å². The van der Waals surface area contributed by atoms with Gasteiger partial charge in [-0.3, -0.25) is 9.78 Å².